The fourth-order valence-corrected chi connectivity index (χ4v) is 1.55. The normalized spacial score (nSPS) is 23.6. The third kappa shape index (κ3) is 2.83. The molecule has 0 spiro atoms. The van der Waals surface area contributed by atoms with Crippen LogP contribution in [0, 0.1) is 0 Å². The van der Waals surface area contributed by atoms with Crippen LogP contribution in [0.15, 0.2) is 42.6 Å². The van der Waals surface area contributed by atoms with E-state index in [0.717, 1.165) is 5.56 Å². The van der Waals surface area contributed by atoms with Crippen LogP contribution in [-0.4, -0.2) is 23.8 Å². The van der Waals surface area contributed by atoms with E-state index in [1.807, 2.05) is 30.3 Å². The molecule has 0 saturated carbocycles. The summed E-state index contributed by atoms with van der Waals surface area (Å²) in [5.74, 6) is -0.987. The van der Waals surface area contributed by atoms with Gasteiger partial charge in [0.15, 0.2) is 5.79 Å². The van der Waals surface area contributed by atoms with Crippen LogP contribution in [0.4, 0.5) is 4.79 Å². The average Bonchev–Trinajstić information content (AvgIpc) is 2.34. The molecule has 1 aromatic rings. The first-order chi connectivity index (χ1) is 8.09. The van der Waals surface area contributed by atoms with Gasteiger partial charge in [-0.25, -0.2) is 4.79 Å². The first-order valence-corrected chi connectivity index (χ1v) is 5.41. The van der Waals surface area contributed by atoms with Gasteiger partial charge in [0.2, 0.25) is 0 Å². The predicted molar refractivity (Wildman–Crippen MR) is 65.6 cm³/mol. The second kappa shape index (κ2) is 4.57. The van der Waals surface area contributed by atoms with E-state index in [1.165, 1.54) is 4.90 Å². The topological polar surface area (TPSA) is 70.4 Å². The summed E-state index contributed by atoms with van der Waals surface area (Å²) in [4.78, 5) is 12.9. The lowest BCUT2D eigenvalue weighted by atomic mass is 10.2. The molecule has 90 valence electrons. The van der Waals surface area contributed by atoms with E-state index in [1.54, 1.807) is 19.3 Å². The molecule has 1 aliphatic heterocycles. The third-order valence-corrected chi connectivity index (χ3v) is 2.62. The number of hydrogen-bond donors (Lipinski definition) is 3. The number of nitrogens with two attached hydrogens (primary N) is 1. The van der Waals surface area contributed by atoms with Gasteiger partial charge in [-0.05, 0) is 11.6 Å². The molecule has 0 radical (unpaired) electrons. The maximum atomic E-state index is 11.5. The maximum Gasteiger partial charge on any atom is 0.323 e. The molecular weight excluding hydrogens is 216 g/mol. The van der Waals surface area contributed by atoms with E-state index < -0.39 is 5.79 Å². The summed E-state index contributed by atoms with van der Waals surface area (Å²) in [6.07, 6.45) is 3.37. The molecule has 1 heterocycles. The minimum atomic E-state index is -0.987. The largest absolute Gasteiger partial charge is 0.323 e. The van der Waals surface area contributed by atoms with Crippen molar-refractivity contribution in [2.24, 2.45) is 5.73 Å². The van der Waals surface area contributed by atoms with Gasteiger partial charge in [0, 0.05) is 19.8 Å². The molecule has 17 heavy (non-hydrogen) atoms. The second-order valence-electron chi connectivity index (χ2n) is 4.06. The Morgan fingerprint density at radius 2 is 2.12 bits per heavy atom. The molecule has 5 heteroatoms. The zero-order valence-electron chi connectivity index (χ0n) is 9.68. The highest BCUT2D eigenvalue weighted by atomic mass is 16.2. The fourth-order valence-electron chi connectivity index (χ4n) is 1.55. The highest BCUT2D eigenvalue weighted by molar-refractivity contribution is 5.77. The third-order valence-electron chi connectivity index (χ3n) is 2.62. The average molecular weight is 232 g/mol. The second-order valence-corrected chi connectivity index (χ2v) is 4.06. The minimum absolute atomic E-state index is 0.226. The Bertz CT molecular complexity index is 431. The number of benzene rings is 1. The van der Waals surface area contributed by atoms with Gasteiger partial charge in [-0.3, -0.25) is 11.1 Å². The Morgan fingerprint density at radius 3 is 2.76 bits per heavy atom. The number of hydrogen-bond acceptors (Lipinski definition) is 3. The first-order valence-electron chi connectivity index (χ1n) is 5.41. The minimum Gasteiger partial charge on any atom is -0.304 e. The Labute approximate surface area is 100 Å². The smallest absolute Gasteiger partial charge is 0.304 e. The summed E-state index contributed by atoms with van der Waals surface area (Å²) >= 11 is 0. The lowest BCUT2D eigenvalue weighted by Gasteiger charge is -2.34. The molecule has 1 unspecified atom stereocenters. The maximum absolute atomic E-state index is 11.5. The number of nitrogens with one attached hydrogen (secondary N) is 2. The van der Waals surface area contributed by atoms with E-state index >= 15 is 0 Å². The number of amides is 2. The zero-order valence-corrected chi connectivity index (χ0v) is 9.68. The van der Waals surface area contributed by atoms with Crippen LogP contribution in [0.3, 0.4) is 0 Å². The van der Waals surface area contributed by atoms with E-state index in [9.17, 15) is 4.79 Å². The van der Waals surface area contributed by atoms with Crippen molar-refractivity contribution >= 4 is 6.03 Å². The number of rotatable bonds is 3. The zero-order chi connectivity index (χ0) is 12.3. The van der Waals surface area contributed by atoms with Gasteiger partial charge in [0.25, 0.3) is 0 Å². The molecule has 0 bridgehead atoms. The summed E-state index contributed by atoms with van der Waals surface area (Å²) in [7, 11) is 1.67. The Hall–Kier alpha value is -1.85. The van der Waals surface area contributed by atoms with Crippen molar-refractivity contribution in [2.75, 3.05) is 7.05 Å². The lowest BCUT2D eigenvalue weighted by Crippen LogP contribution is -2.67. The quantitative estimate of drug-likeness (QED) is 0.667. The highest BCUT2D eigenvalue weighted by Crippen LogP contribution is 2.06. The van der Waals surface area contributed by atoms with Gasteiger partial charge < -0.3 is 10.2 Å². The van der Waals surface area contributed by atoms with Gasteiger partial charge in [-0.2, -0.15) is 0 Å². The van der Waals surface area contributed by atoms with Gasteiger partial charge in [0.05, 0.1) is 0 Å². The summed E-state index contributed by atoms with van der Waals surface area (Å²) < 4.78 is 0. The monoisotopic (exact) mass is 232 g/mol. The van der Waals surface area contributed by atoms with Crippen molar-refractivity contribution in [3.8, 4) is 0 Å². The van der Waals surface area contributed by atoms with E-state index in [2.05, 4.69) is 10.6 Å². The predicted octanol–water partition coefficient (Wildman–Crippen LogP) is 0.557. The summed E-state index contributed by atoms with van der Waals surface area (Å²) in [6, 6.07) is 9.65. The lowest BCUT2D eigenvalue weighted by molar-refractivity contribution is 0.198. The standard InChI is InChI=1S/C12H16N4O/c1-16-8-7-12(13,15-11(16)17)14-9-10-5-3-2-4-6-10/h2-8,14H,9,13H2,1H3,(H,15,17). The fraction of sp³-hybridized carbons (Fsp3) is 0.250. The summed E-state index contributed by atoms with van der Waals surface area (Å²) in [5, 5.41) is 5.78. The molecule has 1 aliphatic rings. The van der Waals surface area contributed by atoms with Gasteiger partial charge in [0.1, 0.15) is 0 Å². The summed E-state index contributed by atoms with van der Waals surface area (Å²) in [5.41, 5.74) is 7.11. The SMILES string of the molecule is CN1C=CC(N)(NCc2ccccc2)NC1=O. The molecule has 0 saturated heterocycles. The number of urea groups is 1. The van der Waals surface area contributed by atoms with Gasteiger partial charge in [-0.15, -0.1) is 0 Å². The van der Waals surface area contributed by atoms with Crippen LogP contribution in [0.2, 0.25) is 0 Å². The molecule has 2 rings (SSSR count). The van der Waals surface area contributed by atoms with Crippen LogP contribution in [0.1, 0.15) is 5.56 Å². The van der Waals surface area contributed by atoms with Gasteiger partial charge in [-0.1, -0.05) is 30.3 Å². The molecule has 1 aromatic carbocycles. The number of carbonyl (C=O) groups excluding carboxylic acids is 1. The molecule has 5 nitrogen and oxygen atoms in total. The van der Waals surface area contributed by atoms with Crippen LogP contribution >= 0.6 is 0 Å². The molecule has 0 fully saturated rings. The number of carbonyl (C=O) groups is 1. The molecule has 0 aliphatic carbocycles. The Morgan fingerprint density at radius 1 is 1.41 bits per heavy atom. The Balaban J connectivity index is 1.99. The van der Waals surface area contributed by atoms with Crippen molar-refractivity contribution in [3.63, 3.8) is 0 Å². The Kier molecular flexibility index (Phi) is 3.12. The summed E-state index contributed by atoms with van der Waals surface area (Å²) in [6.45, 7) is 0.589. The van der Waals surface area contributed by atoms with Crippen molar-refractivity contribution in [3.05, 3.63) is 48.2 Å². The van der Waals surface area contributed by atoms with Crippen LogP contribution < -0.4 is 16.4 Å². The molecule has 4 N–H and O–H groups in total. The van der Waals surface area contributed by atoms with Crippen molar-refractivity contribution < 1.29 is 4.79 Å². The van der Waals surface area contributed by atoms with Gasteiger partial charge >= 0.3 is 6.03 Å². The molecule has 2 amide bonds. The van der Waals surface area contributed by atoms with Crippen LogP contribution in [-0.2, 0) is 6.54 Å². The first kappa shape index (κ1) is 11.6. The molecule has 1 atom stereocenters. The van der Waals surface area contributed by atoms with Crippen molar-refractivity contribution in [1.82, 2.24) is 15.5 Å². The van der Waals surface area contributed by atoms with Crippen LogP contribution in [0.25, 0.3) is 0 Å². The van der Waals surface area contributed by atoms with E-state index in [-0.39, 0.29) is 6.03 Å². The highest BCUT2D eigenvalue weighted by Gasteiger charge is 2.28. The van der Waals surface area contributed by atoms with E-state index in [0.29, 0.717) is 6.54 Å². The van der Waals surface area contributed by atoms with Crippen LogP contribution in [0.5, 0.6) is 0 Å². The van der Waals surface area contributed by atoms with E-state index in [4.69, 9.17) is 5.73 Å². The molecule has 0 aromatic heterocycles. The van der Waals surface area contributed by atoms with Crippen molar-refractivity contribution in [2.45, 2.75) is 12.3 Å². The molecular formula is C12H16N4O. The van der Waals surface area contributed by atoms with Crippen molar-refractivity contribution in [1.29, 1.82) is 0 Å². The number of nitrogens with zero attached hydrogens (tertiary/aromatic N) is 1.